The molecule has 0 unspecified atom stereocenters. The van der Waals surface area contributed by atoms with Gasteiger partial charge >= 0.3 is 11.9 Å². The Balaban J connectivity index is 3.31. The van der Waals surface area contributed by atoms with Crippen LogP contribution in [-0.2, 0) is 19.1 Å². The van der Waals surface area contributed by atoms with Gasteiger partial charge in [0.2, 0.25) is 0 Å². The van der Waals surface area contributed by atoms with Gasteiger partial charge in [-0.25, -0.2) is 0 Å². The highest BCUT2D eigenvalue weighted by Crippen LogP contribution is 2.10. The van der Waals surface area contributed by atoms with E-state index in [1.807, 2.05) is 12.2 Å². The zero-order valence-electron chi connectivity index (χ0n) is 19.8. The number of ether oxygens (including phenoxy) is 2. The molecule has 0 bridgehead atoms. The molecule has 0 heterocycles. The second-order valence-corrected chi connectivity index (χ2v) is 9.02. The summed E-state index contributed by atoms with van der Waals surface area (Å²) in [5.74, 6) is -0.0558. The summed E-state index contributed by atoms with van der Waals surface area (Å²) in [6.45, 7) is 8.43. The molecule has 0 radical (unpaired) electrons. The van der Waals surface area contributed by atoms with Crippen molar-refractivity contribution < 1.29 is 19.1 Å². The second kappa shape index (κ2) is 25.0. The molecule has 0 aromatic heterocycles. The Labute approximate surface area is 195 Å². The molecule has 31 heavy (non-hydrogen) atoms. The molecule has 0 aliphatic rings. The first kappa shape index (κ1) is 29.8. The van der Waals surface area contributed by atoms with E-state index in [9.17, 15) is 9.59 Å². The SMILES string of the molecule is C=CCCCCCCCCCOC(=O)CSCC(=O)OCCCCCCCCCC=C. The van der Waals surface area contributed by atoms with Crippen LogP contribution in [0.1, 0.15) is 103 Å². The summed E-state index contributed by atoms with van der Waals surface area (Å²) in [7, 11) is 0. The molecule has 0 aromatic rings. The Hall–Kier alpha value is -1.23. The first-order valence-corrected chi connectivity index (χ1v) is 13.5. The molecule has 0 fully saturated rings. The van der Waals surface area contributed by atoms with Crippen LogP contribution in [0, 0.1) is 0 Å². The maximum Gasteiger partial charge on any atom is 0.315 e. The zero-order valence-corrected chi connectivity index (χ0v) is 20.6. The summed E-state index contributed by atoms with van der Waals surface area (Å²) in [6.07, 6.45) is 22.7. The minimum atomic E-state index is -0.240. The van der Waals surface area contributed by atoms with Crippen molar-refractivity contribution in [2.45, 2.75) is 103 Å². The molecule has 0 rings (SSSR count). The van der Waals surface area contributed by atoms with Gasteiger partial charge in [0.25, 0.3) is 0 Å². The highest BCUT2D eigenvalue weighted by atomic mass is 32.2. The summed E-state index contributed by atoms with van der Waals surface area (Å²) in [5.41, 5.74) is 0. The molecular weight excluding hydrogens is 408 g/mol. The van der Waals surface area contributed by atoms with Crippen molar-refractivity contribution in [1.82, 2.24) is 0 Å². The van der Waals surface area contributed by atoms with Crippen molar-refractivity contribution in [2.75, 3.05) is 24.7 Å². The standard InChI is InChI=1S/C26H46O4S/c1-3-5-7-9-11-13-15-17-19-21-29-25(27)23-31-24-26(28)30-22-20-18-16-14-12-10-8-6-4-2/h3-4H,1-2,5-24H2. The zero-order chi connectivity index (χ0) is 22.8. The van der Waals surface area contributed by atoms with Gasteiger partial charge in [0, 0.05) is 0 Å². The number of carbonyl (C=O) groups is 2. The lowest BCUT2D eigenvalue weighted by Crippen LogP contribution is -2.13. The average molecular weight is 455 g/mol. The Morgan fingerprint density at radius 3 is 1.23 bits per heavy atom. The lowest BCUT2D eigenvalue weighted by molar-refractivity contribution is -0.140. The lowest BCUT2D eigenvalue weighted by Gasteiger charge is -2.06. The van der Waals surface area contributed by atoms with Crippen LogP contribution in [0.15, 0.2) is 25.3 Å². The molecule has 0 aliphatic carbocycles. The Morgan fingerprint density at radius 1 is 0.548 bits per heavy atom. The minimum Gasteiger partial charge on any atom is -0.465 e. The van der Waals surface area contributed by atoms with Gasteiger partial charge < -0.3 is 9.47 Å². The Morgan fingerprint density at radius 2 is 0.871 bits per heavy atom. The molecule has 0 atom stereocenters. The van der Waals surface area contributed by atoms with E-state index in [0.29, 0.717) is 13.2 Å². The van der Waals surface area contributed by atoms with E-state index >= 15 is 0 Å². The van der Waals surface area contributed by atoms with E-state index in [4.69, 9.17) is 9.47 Å². The maximum absolute atomic E-state index is 11.7. The van der Waals surface area contributed by atoms with Crippen LogP contribution in [-0.4, -0.2) is 36.7 Å². The Bertz CT molecular complexity index is 411. The van der Waals surface area contributed by atoms with E-state index in [0.717, 1.165) is 38.5 Å². The van der Waals surface area contributed by atoms with Gasteiger partial charge in [0.05, 0.1) is 24.7 Å². The summed E-state index contributed by atoms with van der Waals surface area (Å²) < 4.78 is 10.4. The fraction of sp³-hybridized carbons (Fsp3) is 0.769. The minimum absolute atomic E-state index is 0.213. The van der Waals surface area contributed by atoms with Crippen molar-refractivity contribution in [2.24, 2.45) is 0 Å². The van der Waals surface area contributed by atoms with E-state index < -0.39 is 0 Å². The van der Waals surface area contributed by atoms with Gasteiger partial charge in [-0.1, -0.05) is 76.4 Å². The van der Waals surface area contributed by atoms with E-state index in [-0.39, 0.29) is 23.4 Å². The number of unbranched alkanes of at least 4 members (excludes halogenated alkanes) is 14. The largest absolute Gasteiger partial charge is 0.465 e. The van der Waals surface area contributed by atoms with Gasteiger partial charge in [-0.05, 0) is 38.5 Å². The van der Waals surface area contributed by atoms with Crippen molar-refractivity contribution >= 4 is 23.7 Å². The van der Waals surface area contributed by atoms with Crippen LogP contribution in [0.25, 0.3) is 0 Å². The first-order chi connectivity index (χ1) is 15.2. The van der Waals surface area contributed by atoms with Crippen molar-refractivity contribution in [3.63, 3.8) is 0 Å². The van der Waals surface area contributed by atoms with Crippen LogP contribution in [0.2, 0.25) is 0 Å². The van der Waals surface area contributed by atoms with Gasteiger partial charge in [-0.2, -0.15) is 0 Å². The fourth-order valence-electron chi connectivity index (χ4n) is 3.22. The van der Waals surface area contributed by atoms with Gasteiger partial charge in [0.1, 0.15) is 0 Å². The first-order valence-electron chi connectivity index (χ1n) is 12.3. The monoisotopic (exact) mass is 454 g/mol. The number of hydrogen-bond donors (Lipinski definition) is 0. The van der Waals surface area contributed by atoms with Crippen LogP contribution in [0.5, 0.6) is 0 Å². The third-order valence-corrected chi connectivity index (χ3v) is 5.95. The predicted octanol–water partition coefficient (Wildman–Crippen LogP) is 7.42. The van der Waals surface area contributed by atoms with Crippen LogP contribution in [0.3, 0.4) is 0 Å². The number of thioether (sulfide) groups is 1. The number of esters is 2. The molecule has 180 valence electrons. The summed E-state index contributed by atoms with van der Waals surface area (Å²) >= 11 is 1.27. The fourth-order valence-corrected chi connectivity index (χ4v) is 3.82. The molecule has 0 saturated carbocycles. The highest BCUT2D eigenvalue weighted by Gasteiger charge is 2.07. The molecule has 0 aliphatic heterocycles. The second-order valence-electron chi connectivity index (χ2n) is 8.04. The van der Waals surface area contributed by atoms with Crippen LogP contribution < -0.4 is 0 Å². The predicted molar refractivity (Wildman–Crippen MR) is 134 cm³/mol. The topological polar surface area (TPSA) is 52.6 Å². The van der Waals surface area contributed by atoms with Crippen molar-refractivity contribution in [3.8, 4) is 0 Å². The van der Waals surface area contributed by atoms with E-state index in [1.165, 1.54) is 76.0 Å². The molecule has 0 N–H and O–H groups in total. The quantitative estimate of drug-likeness (QED) is 0.0862. The van der Waals surface area contributed by atoms with Crippen molar-refractivity contribution in [1.29, 1.82) is 0 Å². The average Bonchev–Trinajstić information content (AvgIpc) is 2.76. The smallest absolute Gasteiger partial charge is 0.315 e. The molecule has 0 aromatic carbocycles. The summed E-state index contributed by atoms with van der Waals surface area (Å²) in [5, 5.41) is 0. The van der Waals surface area contributed by atoms with E-state index in [1.54, 1.807) is 0 Å². The third kappa shape index (κ3) is 24.9. The Kier molecular flexibility index (Phi) is 24.0. The molecule has 5 heteroatoms. The van der Waals surface area contributed by atoms with Gasteiger partial charge in [-0.15, -0.1) is 24.9 Å². The van der Waals surface area contributed by atoms with Gasteiger partial charge in [0.15, 0.2) is 0 Å². The normalized spacial score (nSPS) is 10.6. The number of allylic oxidation sites excluding steroid dienone is 2. The van der Waals surface area contributed by atoms with Gasteiger partial charge in [-0.3, -0.25) is 9.59 Å². The van der Waals surface area contributed by atoms with E-state index in [2.05, 4.69) is 13.2 Å². The number of hydrogen-bond acceptors (Lipinski definition) is 5. The van der Waals surface area contributed by atoms with Crippen molar-refractivity contribution in [3.05, 3.63) is 25.3 Å². The van der Waals surface area contributed by atoms with Crippen LogP contribution >= 0.6 is 11.8 Å². The summed E-state index contributed by atoms with van der Waals surface area (Å²) in [4.78, 5) is 23.4. The molecule has 0 spiro atoms. The number of carbonyl (C=O) groups excluding carboxylic acids is 2. The molecule has 4 nitrogen and oxygen atoms in total. The highest BCUT2D eigenvalue weighted by molar-refractivity contribution is 8.00. The molecular formula is C26H46O4S. The molecule has 0 amide bonds. The summed E-state index contributed by atoms with van der Waals surface area (Å²) in [6, 6.07) is 0. The number of rotatable bonds is 24. The lowest BCUT2D eigenvalue weighted by atomic mass is 10.1. The third-order valence-electron chi connectivity index (χ3n) is 5.07. The van der Waals surface area contributed by atoms with Crippen LogP contribution in [0.4, 0.5) is 0 Å². The molecule has 0 saturated heterocycles. The maximum atomic E-state index is 11.7.